The number of nitrogens with one attached hydrogen (secondary N) is 1. The van der Waals surface area contributed by atoms with E-state index in [0.717, 1.165) is 19.3 Å². The van der Waals surface area contributed by atoms with Gasteiger partial charge in [0, 0.05) is 18.7 Å². The van der Waals surface area contributed by atoms with E-state index in [2.05, 4.69) is 17.4 Å². The standard InChI is InChI=1S/C20H23ClN2O3S/c21-18-11-10-17(15-19(18)23-13-4-5-14-27(23,25)26)20(24)22-12-6-9-16-7-2-1-3-8-16/h1-3,7-8,10-11,15H,4-6,9,12-14H2,(H,22,24). The molecule has 0 spiro atoms. The molecule has 2 aromatic carbocycles. The number of anilines is 1. The van der Waals surface area contributed by atoms with E-state index in [0.29, 0.717) is 35.8 Å². The van der Waals surface area contributed by atoms with Crippen LogP contribution in [0.25, 0.3) is 0 Å². The maximum atomic E-state index is 12.4. The summed E-state index contributed by atoms with van der Waals surface area (Å²) in [6, 6.07) is 14.9. The lowest BCUT2D eigenvalue weighted by molar-refractivity contribution is 0.0953. The maximum absolute atomic E-state index is 12.4. The van der Waals surface area contributed by atoms with Crippen molar-refractivity contribution in [1.29, 1.82) is 0 Å². The zero-order chi connectivity index (χ0) is 19.3. The van der Waals surface area contributed by atoms with Gasteiger partial charge in [0.05, 0.1) is 16.5 Å². The van der Waals surface area contributed by atoms with E-state index in [4.69, 9.17) is 11.6 Å². The average Bonchev–Trinajstić information content (AvgIpc) is 2.66. The summed E-state index contributed by atoms with van der Waals surface area (Å²) in [6.07, 6.45) is 3.15. The van der Waals surface area contributed by atoms with Crippen molar-refractivity contribution in [2.75, 3.05) is 23.1 Å². The number of rotatable bonds is 6. The highest BCUT2D eigenvalue weighted by molar-refractivity contribution is 7.92. The molecule has 0 saturated carbocycles. The summed E-state index contributed by atoms with van der Waals surface area (Å²) in [5.74, 6) is -0.116. The van der Waals surface area contributed by atoms with Gasteiger partial charge in [0.25, 0.3) is 5.91 Å². The Hall–Kier alpha value is -2.05. The molecule has 0 atom stereocenters. The molecular weight excluding hydrogens is 384 g/mol. The lowest BCUT2D eigenvalue weighted by Gasteiger charge is -2.29. The minimum atomic E-state index is -3.38. The number of carbonyl (C=O) groups is 1. The van der Waals surface area contributed by atoms with Crippen LogP contribution < -0.4 is 9.62 Å². The summed E-state index contributed by atoms with van der Waals surface area (Å²) in [5, 5.41) is 3.22. The fourth-order valence-electron chi connectivity index (χ4n) is 3.15. The van der Waals surface area contributed by atoms with Gasteiger partial charge in [-0.3, -0.25) is 9.10 Å². The Labute approximate surface area is 165 Å². The summed E-state index contributed by atoms with van der Waals surface area (Å²) < 4.78 is 26.0. The molecule has 1 amide bonds. The molecule has 1 aliphatic rings. The Morgan fingerprint density at radius 3 is 2.63 bits per heavy atom. The van der Waals surface area contributed by atoms with Crippen molar-refractivity contribution in [1.82, 2.24) is 5.32 Å². The Morgan fingerprint density at radius 2 is 1.89 bits per heavy atom. The van der Waals surface area contributed by atoms with Gasteiger partial charge in [-0.2, -0.15) is 0 Å². The first-order chi connectivity index (χ1) is 13.0. The molecule has 0 aromatic heterocycles. The van der Waals surface area contributed by atoms with Crippen LogP contribution in [0.2, 0.25) is 5.02 Å². The van der Waals surface area contributed by atoms with E-state index in [9.17, 15) is 13.2 Å². The van der Waals surface area contributed by atoms with Crippen molar-refractivity contribution in [2.45, 2.75) is 25.7 Å². The van der Waals surface area contributed by atoms with Crippen LogP contribution in [0.3, 0.4) is 0 Å². The number of hydrogen-bond acceptors (Lipinski definition) is 3. The molecule has 144 valence electrons. The van der Waals surface area contributed by atoms with Gasteiger partial charge >= 0.3 is 0 Å². The second kappa shape index (κ2) is 8.76. The minimum Gasteiger partial charge on any atom is -0.352 e. The van der Waals surface area contributed by atoms with E-state index in [1.54, 1.807) is 18.2 Å². The number of benzene rings is 2. The van der Waals surface area contributed by atoms with Crippen LogP contribution in [0.4, 0.5) is 5.69 Å². The van der Waals surface area contributed by atoms with Crippen LogP contribution >= 0.6 is 11.6 Å². The quantitative estimate of drug-likeness (QED) is 0.745. The van der Waals surface area contributed by atoms with Gasteiger partial charge in [-0.05, 0) is 49.4 Å². The number of sulfonamides is 1. The second-order valence-corrected chi connectivity index (χ2v) is 9.03. The Balaban J connectivity index is 1.63. The van der Waals surface area contributed by atoms with Crippen LogP contribution in [0.1, 0.15) is 35.2 Å². The molecule has 5 nitrogen and oxygen atoms in total. The smallest absolute Gasteiger partial charge is 0.251 e. The average molecular weight is 407 g/mol. The lowest BCUT2D eigenvalue weighted by Crippen LogP contribution is -2.38. The second-order valence-electron chi connectivity index (χ2n) is 6.61. The molecule has 0 radical (unpaired) electrons. The predicted octanol–water partition coefficient (Wildman–Crippen LogP) is 3.63. The first-order valence-corrected chi connectivity index (χ1v) is 11.1. The van der Waals surface area contributed by atoms with Gasteiger partial charge in [-0.15, -0.1) is 0 Å². The normalized spacial score (nSPS) is 16.1. The van der Waals surface area contributed by atoms with Gasteiger partial charge in [-0.1, -0.05) is 41.9 Å². The van der Waals surface area contributed by atoms with Crippen molar-refractivity contribution in [2.24, 2.45) is 0 Å². The zero-order valence-electron chi connectivity index (χ0n) is 15.0. The predicted molar refractivity (Wildman–Crippen MR) is 109 cm³/mol. The van der Waals surface area contributed by atoms with E-state index in [1.165, 1.54) is 9.87 Å². The summed E-state index contributed by atoms with van der Waals surface area (Å²) >= 11 is 6.22. The van der Waals surface area contributed by atoms with Gasteiger partial charge in [0.1, 0.15) is 0 Å². The summed E-state index contributed by atoms with van der Waals surface area (Å²) in [7, 11) is -3.38. The summed E-state index contributed by atoms with van der Waals surface area (Å²) in [5.41, 5.74) is 2.03. The molecule has 3 rings (SSSR count). The van der Waals surface area contributed by atoms with E-state index >= 15 is 0 Å². The van der Waals surface area contributed by atoms with Crippen molar-refractivity contribution in [3.63, 3.8) is 0 Å². The topological polar surface area (TPSA) is 66.5 Å². The third kappa shape index (κ3) is 5.02. The number of halogens is 1. The molecule has 0 bridgehead atoms. The molecule has 7 heteroatoms. The Morgan fingerprint density at radius 1 is 1.11 bits per heavy atom. The molecule has 0 aliphatic carbocycles. The van der Waals surface area contributed by atoms with Gasteiger partial charge in [-0.25, -0.2) is 8.42 Å². The first-order valence-electron chi connectivity index (χ1n) is 9.09. The molecule has 2 aromatic rings. The number of aryl methyl sites for hydroxylation is 1. The van der Waals surface area contributed by atoms with E-state index < -0.39 is 10.0 Å². The van der Waals surface area contributed by atoms with Crippen LogP contribution in [0.15, 0.2) is 48.5 Å². The van der Waals surface area contributed by atoms with Gasteiger partial charge in [0.15, 0.2) is 0 Å². The highest BCUT2D eigenvalue weighted by Crippen LogP contribution is 2.31. The van der Waals surface area contributed by atoms with Crippen molar-refractivity contribution in [3.05, 3.63) is 64.7 Å². The minimum absolute atomic E-state index is 0.110. The highest BCUT2D eigenvalue weighted by atomic mass is 35.5. The zero-order valence-corrected chi connectivity index (χ0v) is 16.6. The summed E-state index contributed by atoms with van der Waals surface area (Å²) in [6.45, 7) is 0.942. The largest absolute Gasteiger partial charge is 0.352 e. The van der Waals surface area contributed by atoms with Gasteiger partial charge < -0.3 is 5.32 Å². The Bertz CT molecular complexity index is 901. The number of amides is 1. The van der Waals surface area contributed by atoms with Crippen LogP contribution in [-0.4, -0.2) is 33.2 Å². The third-order valence-electron chi connectivity index (χ3n) is 4.60. The van der Waals surface area contributed by atoms with Crippen molar-refractivity contribution in [3.8, 4) is 0 Å². The first kappa shape index (κ1) is 19.7. The molecule has 1 fully saturated rings. The van der Waals surface area contributed by atoms with Crippen LogP contribution in [0, 0.1) is 0 Å². The molecule has 1 saturated heterocycles. The monoisotopic (exact) mass is 406 g/mol. The number of carbonyl (C=O) groups excluding carboxylic acids is 1. The molecule has 1 N–H and O–H groups in total. The Kier molecular flexibility index (Phi) is 6.39. The van der Waals surface area contributed by atoms with Crippen LogP contribution in [0.5, 0.6) is 0 Å². The molecule has 1 heterocycles. The van der Waals surface area contributed by atoms with Crippen molar-refractivity contribution < 1.29 is 13.2 Å². The van der Waals surface area contributed by atoms with Crippen LogP contribution in [-0.2, 0) is 16.4 Å². The van der Waals surface area contributed by atoms with Gasteiger partial charge in [0.2, 0.25) is 10.0 Å². The molecule has 27 heavy (non-hydrogen) atoms. The third-order valence-corrected chi connectivity index (χ3v) is 6.77. The fourth-order valence-corrected chi connectivity index (χ4v) is 5.06. The maximum Gasteiger partial charge on any atom is 0.251 e. The number of nitrogens with zero attached hydrogens (tertiary/aromatic N) is 1. The lowest BCUT2D eigenvalue weighted by atomic mass is 10.1. The highest BCUT2D eigenvalue weighted by Gasteiger charge is 2.28. The van der Waals surface area contributed by atoms with E-state index in [1.807, 2.05) is 18.2 Å². The fraction of sp³-hybridized carbons (Fsp3) is 0.350. The SMILES string of the molecule is O=C(NCCCc1ccccc1)c1ccc(Cl)c(N2CCCCS2(=O)=O)c1. The van der Waals surface area contributed by atoms with Crippen molar-refractivity contribution >= 4 is 33.2 Å². The molecule has 1 aliphatic heterocycles. The van der Waals surface area contributed by atoms with E-state index in [-0.39, 0.29) is 11.7 Å². The molecular formula is C20H23ClN2O3S. The number of hydrogen-bond donors (Lipinski definition) is 1. The molecule has 0 unspecified atom stereocenters. The summed E-state index contributed by atoms with van der Waals surface area (Å²) in [4.78, 5) is 12.4.